The number of aryl methyl sites for hydroxylation is 2. The van der Waals surface area contributed by atoms with E-state index in [9.17, 15) is 14.7 Å². The summed E-state index contributed by atoms with van der Waals surface area (Å²) < 4.78 is 1.76. The summed E-state index contributed by atoms with van der Waals surface area (Å²) in [5.74, 6) is -1.19. The SMILES string of the molecule is Cc1ccc(C)c(-n2ncc(C(=O)N3CCCCC3C(=O)O)c2C)c1. The molecule has 2 aromatic rings. The normalized spacial score (nSPS) is 17.6. The summed E-state index contributed by atoms with van der Waals surface area (Å²) in [6, 6.07) is 5.35. The van der Waals surface area contributed by atoms with E-state index in [1.54, 1.807) is 10.9 Å². The number of hydrogen-bond acceptors (Lipinski definition) is 3. The Hall–Kier alpha value is -2.63. The molecule has 1 unspecified atom stereocenters. The summed E-state index contributed by atoms with van der Waals surface area (Å²) >= 11 is 0. The predicted molar refractivity (Wildman–Crippen MR) is 94.1 cm³/mol. The third kappa shape index (κ3) is 3.16. The highest BCUT2D eigenvalue weighted by Crippen LogP contribution is 2.24. The van der Waals surface area contributed by atoms with E-state index in [1.807, 2.05) is 39.0 Å². The molecule has 6 nitrogen and oxygen atoms in total. The summed E-state index contributed by atoms with van der Waals surface area (Å²) in [7, 11) is 0. The van der Waals surface area contributed by atoms with Gasteiger partial charge in [0.25, 0.3) is 5.91 Å². The van der Waals surface area contributed by atoms with Crippen molar-refractivity contribution < 1.29 is 14.7 Å². The lowest BCUT2D eigenvalue weighted by Gasteiger charge is -2.32. The van der Waals surface area contributed by atoms with Gasteiger partial charge in [0.1, 0.15) is 6.04 Å². The number of likely N-dealkylation sites (tertiary alicyclic amines) is 1. The number of amides is 1. The number of carbonyl (C=O) groups excluding carboxylic acids is 1. The first-order valence-electron chi connectivity index (χ1n) is 8.56. The van der Waals surface area contributed by atoms with Crippen LogP contribution >= 0.6 is 0 Å². The second kappa shape index (κ2) is 6.70. The van der Waals surface area contributed by atoms with Gasteiger partial charge in [0, 0.05) is 6.54 Å². The molecular formula is C19H23N3O3. The topological polar surface area (TPSA) is 75.4 Å². The number of aliphatic carboxylic acids is 1. The first-order chi connectivity index (χ1) is 11.9. The molecule has 0 aliphatic carbocycles. The molecule has 132 valence electrons. The quantitative estimate of drug-likeness (QED) is 0.931. The van der Waals surface area contributed by atoms with Gasteiger partial charge in [0.2, 0.25) is 0 Å². The highest BCUT2D eigenvalue weighted by Gasteiger charge is 2.33. The van der Waals surface area contributed by atoms with Crippen LogP contribution in [0.1, 0.15) is 46.4 Å². The van der Waals surface area contributed by atoms with Gasteiger partial charge in [-0.2, -0.15) is 5.10 Å². The van der Waals surface area contributed by atoms with Gasteiger partial charge < -0.3 is 10.0 Å². The Morgan fingerprint density at radius 2 is 1.96 bits per heavy atom. The fourth-order valence-corrected chi connectivity index (χ4v) is 3.40. The number of nitrogens with zero attached hydrogens (tertiary/aromatic N) is 3. The fourth-order valence-electron chi connectivity index (χ4n) is 3.40. The van der Waals surface area contributed by atoms with E-state index in [1.165, 1.54) is 4.90 Å². The number of aromatic nitrogens is 2. The molecule has 25 heavy (non-hydrogen) atoms. The Bertz CT molecular complexity index is 825. The third-order valence-electron chi connectivity index (χ3n) is 4.88. The molecule has 1 aliphatic rings. The Morgan fingerprint density at radius 1 is 1.20 bits per heavy atom. The van der Waals surface area contributed by atoms with Crippen molar-refractivity contribution in [2.24, 2.45) is 0 Å². The number of piperidine rings is 1. The van der Waals surface area contributed by atoms with E-state index in [2.05, 4.69) is 5.10 Å². The largest absolute Gasteiger partial charge is 0.480 e. The molecule has 0 spiro atoms. The Morgan fingerprint density at radius 3 is 2.68 bits per heavy atom. The average molecular weight is 341 g/mol. The van der Waals surface area contributed by atoms with E-state index in [4.69, 9.17) is 0 Å². The molecule has 1 fully saturated rings. The van der Waals surface area contributed by atoms with E-state index < -0.39 is 12.0 Å². The predicted octanol–water partition coefficient (Wildman–Crippen LogP) is 2.88. The minimum atomic E-state index is -0.937. The first kappa shape index (κ1) is 17.2. The van der Waals surface area contributed by atoms with Crippen LogP contribution < -0.4 is 0 Å². The van der Waals surface area contributed by atoms with E-state index >= 15 is 0 Å². The van der Waals surface area contributed by atoms with Crippen molar-refractivity contribution in [3.63, 3.8) is 0 Å². The molecule has 2 heterocycles. The monoisotopic (exact) mass is 341 g/mol. The lowest BCUT2D eigenvalue weighted by Crippen LogP contribution is -2.48. The van der Waals surface area contributed by atoms with Crippen LogP contribution in [0.25, 0.3) is 5.69 Å². The highest BCUT2D eigenvalue weighted by molar-refractivity contribution is 5.97. The first-order valence-corrected chi connectivity index (χ1v) is 8.56. The van der Waals surface area contributed by atoms with Gasteiger partial charge in [-0.25, -0.2) is 9.48 Å². The molecule has 1 aromatic heterocycles. The molecule has 0 bridgehead atoms. The molecule has 1 amide bonds. The molecule has 1 aromatic carbocycles. The second-order valence-electron chi connectivity index (χ2n) is 6.69. The lowest BCUT2D eigenvalue weighted by atomic mass is 10.0. The van der Waals surface area contributed by atoms with Crippen molar-refractivity contribution in [2.45, 2.75) is 46.1 Å². The minimum absolute atomic E-state index is 0.249. The fraction of sp³-hybridized carbons (Fsp3) is 0.421. The third-order valence-corrected chi connectivity index (χ3v) is 4.88. The number of carboxylic acid groups (broad SMARTS) is 1. The van der Waals surface area contributed by atoms with Crippen LogP contribution in [0.5, 0.6) is 0 Å². The smallest absolute Gasteiger partial charge is 0.326 e. The number of carboxylic acids is 1. The number of benzene rings is 1. The van der Waals surface area contributed by atoms with Crippen molar-refractivity contribution >= 4 is 11.9 Å². The van der Waals surface area contributed by atoms with Gasteiger partial charge in [-0.3, -0.25) is 4.79 Å². The average Bonchev–Trinajstić information content (AvgIpc) is 2.97. The molecule has 1 saturated heterocycles. The maximum absolute atomic E-state index is 12.9. The van der Waals surface area contributed by atoms with Crippen LogP contribution in [0.3, 0.4) is 0 Å². The van der Waals surface area contributed by atoms with Crippen LogP contribution in [0.4, 0.5) is 0 Å². The minimum Gasteiger partial charge on any atom is -0.480 e. The van der Waals surface area contributed by atoms with Gasteiger partial charge in [-0.15, -0.1) is 0 Å². The van der Waals surface area contributed by atoms with Gasteiger partial charge in [0.15, 0.2) is 0 Å². The molecule has 0 saturated carbocycles. The number of hydrogen-bond donors (Lipinski definition) is 1. The summed E-state index contributed by atoms with van der Waals surface area (Å²) in [5, 5.41) is 13.8. The van der Waals surface area contributed by atoms with Gasteiger partial charge in [-0.1, -0.05) is 12.1 Å². The van der Waals surface area contributed by atoms with Gasteiger partial charge in [-0.05, 0) is 57.2 Å². The zero-order chi connectivity index (χ0) is 18.1. The number of rotatable bonds is 3. The van der Waals surface area contributed by atoms with Crippen molar-refractivity contribution in [2.75, 3.05) is 6.54 Å². The molecule has 6 heteroatoms. The standard InChI is InChI=1S/C19H23N3O3/c1-12-7-8-13(2)17(10-12)22-14(3)15(11-20-22)18(23)21-9-5-4-6-16(21)19(24)25/h7-8,10-11,16H,4-6,9H2,1-3H3,(H,24,25). The molecule has 0 radical (unpaired) electrons. The molecule has 1 N–H and O–H groups in total. The molecular weight excluding hydrogens is 318 g/mol. The molecule has 1 atom stereocenters. The Kier molecular flexibility index (Phi) is 4.61. The summed E-state index contributed by atoms with van der Waals surface area (Å²) in [6.07, 6.45) is 3.72. The van der Waals surface area contributed by atoms with Crippen LogP contribution in [0, 0.1) is 20.8 Å². The zero-order valence-corrected chi connectivity index (χ0v) is 14.8. The van der Waals surface area contributed by atoms with Crippen molar-refractivity contribution in [3.05, 3.63) is 46.8 Å². The molecule has 1 aliphatic heterocycles. The Balaban J connectivity index is 1.96. The number of carbonyl (C=O) groups is 2. The second-order valence-corrected chi connectivity index (χ2v) is 6.69. The van der Waals surface area contributed by atoms with E-state index in [-0.39, 0.29) is 5.91 Å². The zero-order valence-electron chi connectivity index (χ0n) is 14.8. The summed E-state index contributed by atoms with van der Waals surface area (Å²) in [4.78, 5) is 25.9. The maximum atomic E-state index is 12.9. The van der Waals surface area contributed by atoms with Crippen LogP contribution in [0.15, 0.2) is 24.4 Å². The lowest BCUT2D eigenvalue weighted by molar-refractivity contribution is -0.143. The van der Waals surface area contributed by atoms with Crippen LogP contribution in [-0.2, 0) is 4.79 Å². The van der Waals surface area contributed by atoms with Gasteiger partial charge >= 0.3 is 5.97 Å². The highest BCUT2D eigenvalue weighted by atomic mass is 16.4. The maximum Gasteiger partial charge on any atom is 0.326 e. The van der Waals surface area contributed by atoms with Gasteiger partial charge in [0.05, 0.1) is 23.1 Å². The van der Waals surface area contributed by atoms with Crippen molar-refractivity contribution in [3.8, 4) is 5.69 Å². The van der Waals surface area contributed by atoms with Crippen LogP contribution in [0.2, 0.25) is 0 Å². The van der Waals surface area contributed by atoms with Crippen LogP contribution in [-0.4, -0.2) is 44.3 Å². The van der Waals surface area contributed by atoms with Crippen molar-refractivity contribution in [1.82, 2.24) is 14.7 Å². The molecule has 3 rings (SSSR count). The van der Waals surface area contributed by atoms with E-state index in [0.717, 1.165) is 35.3 Å². The van der Waals surface area contributed by atoms with E-state index in [0.29, 0.717) is 18.5 Å². The summed E-state index contributed by atoms with van der Waals surface area (Å²) in [6.45, 7) is 6.34. The van der Waals surface area contributed by atoms with Crippen molar-refractivity contribution in [1.29, 1.82) is 0 Å². The Labute approximate surface area is 147 Å². The summed E-state index contributed by atoms with van der Waals surface area (Å²) in [5.41, 5.74) is 4.31.